The molecule has 0 aliphatic carbocycles. The summed E-state index contributed by atoms with van der Waals surface area (Å²) in [6, 6.07) is 9.11. The summed E-state index contributed by atoms with van der Waals surface area (Å²) in [5.74, 6) is 8.81. The maximum atomic E-state index is 6.05. The molecule has 0 radical (unpaired) electrons. The van der Waals surface area contributed by atoms with Crippen molar-refractivity contribution in [3.8, 4) is 17.1 Å². The van der Waals surface area contributed by atoms with Crippen molar-refractivity contribution >= 4 is 23.4 Å². The number of nitrogen functional groups attached to an aromatic ring is 1. The Morgan fingerprint density at radius 3 is 2.96 bits per heavy atom. The molecule has 8 heteroatoms. The average molecular weight is 351 g/mol. The van der Waals surface area contributed by atoms with Gasteiger partial charge in [0.15, 0.2) is 5.82 Å². The fraction of sp³-hybridized carbons (Fsp3) is 0.200. The number of aryl methyl sites for hydroxylation is 1. The van der Waals surface area contributed by atoms with E-state index >= 15 is 0 Å². The van der Waals surface area contributed by atoms with Gasteiger partial charge in [0.2, 0.25) is 5.16 Å². The lowest BCUT2D eigenvalue weighted by Crippen LogP contribution is -2.12. The maximum Gasteiger partial charge on any atom is 0.210 e. The number of aromatic nitrogens is 3. The normalized spacial score (nSPS) is 10.9. The number of hydrogen-bond donors (Lipinski definition) is 1. The van der Waals surface area contributed by atoms with Crippen LogP contribution in [0.15, 0.2) is 46.2 Å². The summed E-state index contributed by atoms with van der Waals surface area (Å²) in [7, 11) is 0. The van der Waals surface area contributed by atoms with Crippen molar-refractivity contribution < 1.29 is 9.15 Å². The molecule has 0 spiro atoms. The third kappa shape index (κ3) is 3.62. The lowest BCUT2D eigenvalue weighted by Gasteiger charge is -2.06. The van der Waals surface area contributed by atoms with E-state index < -0.39 is 0 Å². The van der Waals surface area contributed by atoms with Crippen molar-refractivity contribution in [3.05, 3.63) is 47.4 Å². The molecule has 2 aromatic heterocycles. The molecule has 120 valence electrons. The summed E-state index contributed by atoms with van der Waals surface area (Å²) in [6.45, 7) is 2.37. The fourth-order valence-electron chi connectivity index (χ4n) is 2.03. The Kier molecular flexibility index (Phi) is 4.78. The van der Waals surface area contributed by atoms with Crippen LogP contribution in [0, 0.1) is 6.92 Å². The zero-order valence-corrected chi connectivity index (χ0v) is 14.0. The molecule has 2 heterocycles. The molecule has 0 atom stereocenters. The number of nitrogens with two attached hydrogens (primary N) is 1. The first-order valence-electron chi connectivity index (χ1n) is 6.91. The van der Waals surface area contributed by atoms with Crippen LogP contribution in [0.1, 0.15) is 5.76 Å². The Morgan fingerprint density at radius 1 is 1.35 bits per heavy atom. The van der Waals surface area contributed by atoms with Crippen LogP contribution in [0.4, 0.5) is 0 Å². The molecule has 0 saturated carbocycles. The first-order chi connectivity index (χ1) is 11.1. The predicted molar refractivity (Wildman–Crippen MR) is 90.3 cm³/mol. The molecule has 0 saturated heterocycles. The van der Waals surface area contributed by atoms with E-state index in [2.05, 4.69) is 10.2 Å². The van der Waals surface area contributed by atoms with Crippen LogP contribution in [0.5, 0.6) is 5.75 Å². The second kappa shape index (κ2) is 6.97. The molecule has 0 aliphatic rings. The largest absolute Gasteiger partial charge is 0.493 e. The van der Waals surface area contributed by atoms with Gasteiger partial charge in [0.25, 0.3) is 0 Å². The summed E-state index contributed by atoms with van der Waals surface area (Å²) in [5, 5.41) is 9.49. The van der Waals surface area contributed by atoms with Gasteiger partial charge in [-0.25, -0.2) is 4.68 Å². The van der Waals surface area contributed by atoms with Crippen LogP contribution in [0.25, 0.3) is 11.4 Å². The summed E-state index contributed by atoms with van der Waals surface area (Å²) < 4.78 is 12.4. The summed E-state index contributed by atoms with van der Waals surface area (Å²) in [6.07, 6.45) is 1.60. The zero-order chi connectivity index (χ0) is 16.2. The molecule has 23 heavy (non-hydrogen) atoms. The standard InChI is InChI=1S/C15H15ClN4O2S/c1-10-13(5-6-21-10)14-18-19-15(20(14)17)23-8-7-22-12-4-2-3-11(16)9-12/h2-6,9H,7-8,17H2,1H3. The van der Waals surface area contributed by atoms with E-state index in [4.69, 9.17) is 26.6 Å². The van der Waals surface area contributed by atoms with Crippen molar-refractivity contribution in [1.29, 1.82) is 0 Å². The Bertz CT molecular complexity index is 802. The van der Waals surface area contributed by atoms with E-state index in [9.17, 15) is 0 Å². The number of thioether (sulfide) groups is 1. The van der Waals surface area contributed by atoms with Gasteiger partial charge in [-0.1, -0.05) is 29.4 Å². The lowest BCUT2D eigenvalue weighted by atomic mass is 10.2. The molecular formula is C15H15ClN4O2S. The molecule has 3 aromatic rings. The minimum Gasteiger partial charge on any atom is -0.493 e. The fourth-order valence-corrected chi connectivity index (χ4v) is 2.88. The minimum absolute atomic E-state index is 0.512. The van der Waals surface area contributed by atoms with Gasteiger partial charge in [-0.15, -0.1) is 10.2 Å². The average Bonchev–Trinajstić information content (AvgIpc) is 3.10. The Labute approximate surface area is 142 Å². The van der Waals surface area contributed by atoms with Gasteiger partial charge in [-0.05, 0) is 31.2 Å². The van der Waals surface area contributed by atoms with Crippen molar-refractivity contribution in [2.24, 2.45) is 0 Å². The number of nitrogens with zero attached hydrogens (tertiary/aromatic N) is 3. The van der Waals surface area contributed by atoms with Crippen molar-refractivity contribution in [2.75, 3.05) is 18.2 Å². The second-order valence-electron chi connectivity index (χ2n) is 4.72. The summed E-state index contributed by atoms with van der Waals surface area (Å²) in [4.78, 5) is 0. The topological polar surface area (TPSA) is 79.1 Å². The molecule has 0 fully saturated rings. The quantitative estimate of drug-likeness (QED) is 0.417. The van der Waals surface area contributed by atoms with Gasteiger partial charge in [0.1, 0.15) is 11.5 Å². The van der Waals surface area contributed by atoms with E-state index in [1.54, 1.807) is 18.4 Å². The molecule has 3 rings (SSSR count). The molecule has 0 aliphatic heterocycles. The van der Waals surface area contributed by atoms with Crippen molar-refractivity contribution in [2.45, 2.75) is 12.1 Å². The molecule has 0 amide bonds. The van der Waals surface area contributed by atoms with Crippen LogP contribution < -0.4 is 10.6 Å². The van der Waals surface area contributed by atoms with Crippen LogP contribution >= 0.6 is 23.4 Å². The van der Waals surface area contributed by atoms with Crippen LogP contribution in [0.3, 0.4) is 0 Å². The van der Waals surface area contributed by atoms with Crippen LogP contribution in [-0.2, 0) is 0 Å². The Hall–Kier alpha value is -2.12. The highest BCUT2D eigenvalue weighted by Gasteiger charge is 2.15. The highest BCUT2D eigenvalue weighted by atomic mass is 35.5. The predicted octanol–water partition coefficient (Wildman–Crippen LogP) is 3.38. The van der Waals surface area contributed by atoms with Gasteiger partial charge in [-0.2, -0.15) is 0 Å². The summed E-state index contributed by atoms with van der Waals surface area (Å²) >= 11 is 7.38. The second-order valence-corrected chi connectivity index (χ2v) is 6.22. The van der Waals surface area contributed by atoms with E-state index in [-0.39, 0.29) is 0 Å². The first kappa shape index (κ1) is 15.8. The van der Waals surface area contributed by atoms with Crippen molar-refractivity contribution in [3.63, 3.8) is 0 Å². The van der Waals surface area contributed by atoms with Gasteiger partial charge >= 0.3 is 0 Å². The number of rotatable bonds is 6. The van der Waals surface area contributed by atoms with Crippen LogP contribution in [0.2, 0.25) is 5.02 Å². The Morgan fingerprint density at radius 2 is 2.22 bits per heavy atom. The molecule has 0 unspecified atom stereocenters. The van der Waals surface area contributed by atoms with Crippen LogP contribution in [-0.4, -0.2) is 27.2 Å². The first-order valence-corrected chi connectivity index (χ1v) is 8.27. The molecule has 1 aromatic carbocycles. The van der Waals surface area contributed by atoms with E-state index in [0.29, 0.717) is 28.4 Å². The van der Waals surface area contributed by atoms with Gasteiger partial charge in [0, 0.05) is 10.8 Å². The smallest absolute Gasteiger partial charge is 0.210 e. The Balaban J connectivity index is 1.57. The lowest BCUT2D eigenvalue weighted by molar-refractivity contribution is 0.344. The monoisotopic (exact) mass is 350 g/mol. The molecular weight excluding hydrogens is 336 g/mol. The highest BCUT2D eigenvalue weighted by Crippen LogP contribution is 2.25. The number of hydrogen-bond acceptors (Lipinski definition) is 6. The SMILES string of the molecule is Cc1occc1-c1nnc(SCCOc2cccc(Cl)c2)n1N. The van der Waals surface area contributed by atoms with E-state index in [1.165, 1.54) is 16.4 Å². The van der Waals surface area contributed by atoms with Crippen molar-refractivity contribution in [1.82, 2.24) is 14.9 Å². The van der Waals surface area contributed by atoms with Gasteiger partial charge < -0.3 is 15.0 Å². The number of ether oxygens (including phenoxy) is 1. The van der Waals surface area contributed by atoms with E-state index in [0.717, 1.165) is 17.1 Å². The summed E-state index contributed by atoms with van der Waals surface area (Å²) in [5.41, 5.74) is 0.835. The van der Waals surface area contributed by atoms with Gasteiger partial charge in [0.05, 0.1) is 18.4 Å². The molecule has 6 nitrogen and oxygen atoms in total. The highest BCUT2D eigenvalue weighted by molar-refractivity contribution is 7.99. The number of benzene rings is 1. The number of furan rings is 1. The number of halogens is 1. The van der Waals surface area contributed by atoms with Gasteiger partial charge in [-0.3, -0.25) is 0 Å². The molecule has 2 N–H and O–H groups in total. The zero-order valence-electron chi connectivity index (χ0n) is 12.4. The third-order valence-corrected chi connectivity index (χ3v) is 4.29. The minimum atomic E-state index is 0.512. The van der Waals surface area contributed by atoms with E-state index in [1.807, 2.05) is 25.1 Å². The molecule has 0 bridgehead atoms. The maximum absolute atomic E-state index is 6.05. The third-order valence-electron chi connectivity index (χ3n) is 3.14.